The second-order valence-corrected chi connectivity index (χ2v) is 6.27. The molecule has 3 atom stereocenters. The van der Waals surface area contributed by atoms with Crippen molar-refractivity contribution in [2.75, 3.05) is 11.1 Å². The first-order chi connectivity index (χ1) is 9.52. The Hall–Kier alpha value is -1.32. The first kappa shape index (κ1) is 15.1. The Balaban J connectivity index is 2.19. The molecule has 0 radical (unpaired) electrons. The van der Waals surface area contributed by atoms with Gasteiger partial charge in [0.25, 0.3) is 0 Å². The van der Waals surface area contributed by atoms with Gasteiger partial charge in [-0.2, -0.15) is 0 Å². The van der Waals surface area contributed by atoms with Crippen LogP contribution in [-0.2, 0) is 6.42 Å². The monoisotopic (exact) mass is 276 g/mol. The summed E-state index contributed by atoms with van der Waals surface area (Å²) in [5.41, 5.74) is 7.01. The van der Waals surface area contributed by atoms with Gasteiger partial charge in [-0.25, -0.2) is 9.97 Å². The largest absolute Gasteiger partial charge is 0.383 e. The molecule has 0 amide bonds. The van der Waals surface area contributed by atoms with Crippen LogP contribution in [0.3, 0.4) is 0 Å². The zero-order valence-corrected chi connectivity index (χ0v) is 13.2. The van der Waals surface area contributed by atoms with E-state index in [4.69, 9.17) is 5.73 Å². The maximum Gasteiger partial charge on any atom is 0.134 e. The molecule has 1 saturated carbocycles. The van der Waals surface area contributed by atoms with E-state index in [9.17, 15) is 0 Å². The van der Waals surface area contributed by atoms with Gasteiger partial charge in [0.2, 0.25) is 0 Å². The van der Waals surface area contributed by atoms with E-state index in [-0.39, 0.29) is 0 Å². The quantitative estimate of drug-likeness (QED) is 0.882. The Morgan fingerprint density at radius 1 is 1.25 bits per heavy atom. The molecule has 112 valence electrons. The molecule has 0 saturated heterocycles. The van der Waals surface area contributed by atoms with Gasteiger partial charge >= 0.3 is 0 Å². The standard InChI is InChI=1S/C16H28N4/c1-5-7-14-19-15(17)12(4)16(20-14)18-13-9-6-8-10(2)11(13)3/h10-11,13H,5-9H2,1-4H3,(H3,17,18,19,20). The lowest BCUT2D eigenvalue weighted by Crippen LogP contribution is -2.35. The van der Waals surface area contributed by atoms with Crippen LogP contribution in [0.5, 0.6) is 0 Å². The van der Waals surface area contributed by atoms with Gasteiger partial charge in [0.15, 0.2) is 0 Å². The average molecular weight is 276 g/mol. The zero-order chi connectivity index (χ0) is 14.7. The summed E-state index contributed by atoms with van der Waals surface area (Å²) in [5, 5.41) is 3.64. The second kappa shape index (κ2) is 6.42. The van der Waals surface area contributed by atoms with Gasteiger partial charge in [-0.15, -0.1) is 0 Å². The van der Waals surface area contributed by atoms with Crippen molar-refractivity contribution >= 4 is 11.6 Å². The molecule has 0 aromatic carbocycles. The smallest absolute Gasteiger partial charge is 0.134 e. The number of rotatable bonds is 4. The number of nitrogen functional groups attached to an aromatic ring is 1. The van der Waals surface area contributed by atoms with Crippen molar-refractivity contribution in [3.63, 3.8) is 0 Å². The lowest BCUT2D eigenvalue weighted by Gasteiger charge is -2.35. The summed E-state index contributed by atoms with van der Waals surface area (Å²) in [6.07, 6.45) is 5.78. The molecular formula is C16H28N4. The van der Waals surface area contributed by atoms with Gasteiger partial charge in [-0.05, 0) is 31.6 Å². The fraction of sp³-hybridized carbons (Fsp3) is 0.750. The van der Waals surface area contributed by atoms with Crippen LogP contribution >= 0.6 is 0 Å². The highest BCUT2D eigenvalue weighted by Gasteiger charge is 2.27. The minimum Gasteiger partial charge on any atom is -0.383 e. The van der Waals surface area contributed by atoms with Crippen LogP contribution in [0.25, 0.3) is 0 Å². The van der Waals surface area contributed by atoms with E-state index in [1.807, 2.05) is 6.92 Å². The van der Waals surface area contributed by atoms with Crippen LogP contribution < -0.4 is 11.1 Å². The third-order valence-electron chi connectivity index (χ3n) is 4.73. The van der Waals surface area contributed by atoms with Crippen molar-refractivity contribution in [2.45, 2.75) is 65.8 Å². The van der Waals surface area contributed by atoms with E-state index >= 15 is 0 Å². The second-order valence-electron chi connectivity index (χ2n) is 6.27. The first-order valence-electron chi connectivity index (χ1n) is 7.92. The summed E-state index contributed by atoms with van der Waals surface area (Å²) >= 11 is 0. The summed E-state index contributed by atoms with van der Waals surface area (Å²) in [5.74, 6) is 3.86. The molecular weight excluding hydrogens is 248 g/mol. The van der Waals surface area contributed by atoms with Crippen LogP contribution in [0, 0.1) is 18.8 Å². The number of nitrogens with zero attached hydrogens (tertiary/aromatic N) is 2. The summed E-state index contributed by atoms with van der Waals surface area (Å²) in [4.78, 5) is 9.05. The van der Waals surface area contributed by atoms with Gasteiger partial charge in [-0.1, -0.05) is 33.6 Å². The van der Waals surface area contributed by atoms with Gasteiger partial charge < -0.3 is 11.1 Å². The van der Waals surface area contributed by atoms with Crippen molar-refractivity contribution < 1.29 is 0 Å². The maximum atomic E-state index is 6.03. The summed E-state index contributed by atoms with van der Waals surface area (Å²) < 4.78 is 0. The summed E-state index contributed by atoms with van der Waals surface area (Å²) in [6, 6.07) is 0.501. The molecule has 1 heterocycles. The number of nitrogens with one attached hydrogen (secondary N) is 1. The zero-order valence-electron chi connectivity index (χ0n) is 13.2. The summed E-state index contributed by atoms with van der Waals surface area (Å²) in [6.45, 7) is 8.83. The molecule has 1 aliphatic rings. The molecule has 0 aliphatic heterocycles. The average Bonchev–Trinajstić information content (AvgIpc) is 2.41. The van der Waals surface area contributed by atoms with E-state index in [1.165, 1.54) is 19.3 Å². The SMILES string of the molecule is CCCc1nc(N)c(C)c(NC2CCCC(C)C2C)n1. The van der Waals surface area contributed by atoms with E-state index in [1.54, 1.807) is 0 Å². The van der Waals surface area contributed by atoms with Crippen LogP contribution in [-0.4, -0.2) is 16.0 Å². The Labute approximate surface area is 122 Å². The molecule has 0 spiro atoms. The molecule has 1 aromatic heterocycles. The lowest BCUT2D eigenvalue weighted by atomic mass is 9.78. The van der Waals surface area contributed by atoms with E-state index in [0.717, 1.165) is 36.0 Å². The van der Waals surface area contributed by atoms with Crippen molar-refractivity contribution in [1.82, 2.24) is 9.97 Å². The van der Waals surface area contributed by atoms with Crippen molar-refractivity contribution in [3.8, 4) is 0 Å². The number of hydrogen-bond donors (Lipinski definition) is 2. The Kier molecular flexibility index (Phi) is 4.84. The first-order valence-corrected chi connectivity index (χ1v) is 7.92. The van der Waals surface area contributed by atoms with Crippen LogP contribution in [0.4, 0.5) is 11.6 Å². The summed E-state index contributed by atoms with van der Waals surface area (Å²) in [7, 11) is 0. The van der Waals surface area contributed by atoms with Gasteiger partial charge in [-0.3, -0.25) is 0 Å². The lowest BCUT2D eigenvalue weighted by molar-refractivity contribution is 0.252. The number of hydrogen-bond acceptors (Lipinski definition) is 4. The van der Waals surface area contributed by atoms with Crippen molar-refractivity contribution in [2.24, 2.45) is 11.8 Å². The third-order valence-corrected chi connectivity index (χ3v) is 4.73. The molecule has 1 aromatic rings. The molecule has 4 heteroatoms. The number of aromatic nitrogens is 2. The van der Waals surface area contributed by atoms with Gasteiger partial charge in [0, 0.05) is 18.0 Å². The number of nitrogens with two attached hydrogens (primary N) is 1. The highest BCUT2D eigenvalue weighted by Crippen LogP contribution is 2.32. The molecule has 3 unspecified atom stereocenters. The van der Waals surface area contributed by atoms with E-state index < -0.39 is 0 Å². The van der Waals surface area contributed by atoms with Gasteiger partial charge in [0.1, 0.15) is 17.5 Å². The fourth-order valence-electron chi connectivity index (χ4n) is 3.02. The molecule has 1 aliphatic carbocycles. The predicted molar refractivity (Wildman–Crippen MR) is 84.8 cm³/mol. The maximum absolute atomic E-state index is 6.03. The van der Waals surface area contributed by atoms with Crippen LogP contribution in [0.15, 0.2) is 0 Å². The highest BCUT2D eigenvalue weighted by atomic mass is 15.1. The minimum absolute atomic E-state index is 0.501. The van der Waals surface area contributed by atoms with E-state index in [2.05, 4.69) is 36.1 Å². The Morgan fingerprint density at radius 3 is 2.70 bits per heavy atom. The minimum atomic E-state index is 0.501. The normalized spacial score (nSPS) is 26.5. The highest BCUT2D eigenvalue weighted by molar-refractivity contribution is 5.55. The fourth-order valence-corrected chi connectivity index (χ4v) is 3.02. The molecule has 0 bridgehead atoms. The number of aryl methyl sites for hydroxylation is 1. The van der Waals surface area contributed by atoms with Crippen LogP contribution in [0.1, 0.15) is 57.8 Å². The number of anilines is 2. The molecule has 2 rings (SSSR count). The van der Waals surface area contributed by atoms with Gasteiger partial charge in [0.05, 0.1) is 0 Å². The third kappa shape index (κ3) is 3.22. The molecule has 3 N–H and O–H groups in total. The predicted octanol–water partition coefficient (Wildman–Crippen LogP) is 3.56. The van der Waals surface area contributed by atoms with Crippen LogP contribution in [0.2, 0.25) is 0 Å². The Bertz CT molecular complexity index is 458. The molecule has 1 fully saturated rings. The van der Waals surface area contributed by atoms with Crippen molar-refractivity contribution in [1.29, 1.82) is 0 Å². The Morgan fingerprint density at radius 2 is 2.00 bits per heavy atom. The topological polar surface area (TPSA) is 63.8 Å². The molecule has 4 nitrogen and oxygen atoms in total. The van der Waals surface area contributed by atoms with Crippen molar-refractivity contribution in [3.05, 3.63) is 11.4 Å². The van der Waals surface area contributed by atoms with E-state index in [0.29, 0.717) is 17.8 Å². The molecule has 20 heavy (non-hydrogen) atoms.